The summed E-state index contributed by atoms with van der Waals surface area (Å²) >= 11 is 1.52. The Morgan fingerprint density at radius 2 is 1.94 bits per heavy atom. The highest BCUT2D eigenvalue weighted by atomic mass is 32.1. The Morgan fingerprint density at radius 1 is 1.17 bits per heavy atom. The number of amides is 2. The van der Waals surface area contributed by atoms with Gasteiger partial charge < -0.3 is 14.6 Å². The first-order valence-electron chi connectivity index (χ1n) is 11.1. The molecule has 0 aliphatic heterocycles. The zero-order valence-corrected chi connectivity index (χ0v) is 20.8. The molecule has 11 heteroatoms. The number of rotatable bonds is 8. The number of hydrogen-bond acceptors (Lipinski definition) is 8. The quantitative estimate of drug-likeness (QED) is 0.400. The molecule has 2 amide bonds. The number of carbonyl (C=O) groups is 2. The van der Waals surface area contributed by atoms with Crippen molar-refractivity contribution in [3.8, 4) is 11.6 Å². The predicted molar refractivity (Wildman–Crippen MR) is 130 cm³/mol. The summed E-state index contributed by atoms with van der Waals surface area (Å²) in [5, 5.41) is 17.3. The highest BCUT2D eigenvalue weighted by molar-refractivity contribution is 7.09. The van der Waals surface area contributed by atoms with Gasteiger partial charge in [0.05, 0.1) is 6.54 Å². The first-order valence-corrected chi connectivity index (χ1v) is 12.0. The molecule has 0 bridgehead atoms. The molecule has 35 heavy (non-hydrogen) atoms. The lowest BCUT2D eigenvalue weighted by Crippen LogP contribution is -2.49. The fourth-order valence-electron chi connectivity index (χ4n) is 3.53. The summed E-state index contributed by atoms with van der Waals surface area (Å²) in [6.07, 6.45) is 3.22. The van der Waals surface area contributed by atoms with Crippen LogP contribution in [0.1, 0.15) is 43.0 Å². The first kappa shape index (κ1) is 24.3. The van der Waals surface area contributed by atoms with Crippen LogP contribution in [0.15, 0.2) is 58.6 Å². The molecule has 10 nitrogen and oxygen atoms in total. The van der Waals surface area contributed by atoms with Crippen LogP contribution in [0.4, 0.5) is 0 Å². The van der Waals surface area contributed by atoms with Crippen molar-refractivity contribution < 1.29 is 14.0 Å². The van der Waals surface area contributed by atoms with Gasteiger partial charge in [0.15, 0.2) is 5.76 Å². The number of thiophene rings is 1. The summed E-state index contributed by atoms with van der Waals surface area (Å²) in [5.74, 6) is 0.859. The van der Waals surface area contributed by atoms with Crippen LogP contribution in [-0.2, 0) is 22.7 Å². The molecule has 0 aromatic carbocycles. The van der Waals surface area contributed by atoms with Crippen molar-refractivity contribution in [3.05, 3.63) is 70.4 Å². The molecule has 0 radical (unpaired) electrons. The molecule has 4 heterocycles. The van der Waals surface area contributed by atoms with Gasteiger partial charge in [0, 0.05) is 22.8 Å². The molecule has 0 spiro atoms. The van der Waals surface area contributed by atoms with Crippen molar-refractivity contribution in [2.75, 3.05) is 0 Å². The molecular formula is C24H27N7O3S. The van der Waals surface area contributed by atoms with Crippen LogP contribution < -0.4 is 5.32 Å². The van der Waals surface area contributed by atoms with Crippen LogP contribution in [0.3, 0.4) is 0 Å². The largest absolute Gasteiger partial charge is 0.458 e. The van der Waals surface area contributed by atoms with Gasteiger partial charge in [0.1, 0.15) is 18.3 Å². The van der Waals surface area contributed by atoms with Crippen LogP contribution in [0.25, 0.3) is 11.6 Å². The van der Waals surface area contributed by atoms with Gasteiger partial charge in [-0.3, -0.25) is 14.6 Å². The van der Waals surface area contributed by atoms with E-state index in [4.69, 9.17) is 4.42 Å². The van der Waals surface area contributed by atoms with Gasteiger partial charge in [0.25, 0.3) is 0 Å². The molecule has 182 valence electrons. The summed E-state index contributed by atoms with van der Waals surface area (Å²) in [5.41, 5.74) is 0.175. The normalized spacial score (nSPS) is 12.3. The van der Waals surface area contributed by atoms with Gasteiger partial charge in [-0.15, -0.1) is 21.5 Å². The topological polar surface area (TPSA) is 119 Å². The number of nitrogens with zero attached hydrogens (tertiary/aromatic N) is 6. The molecule has 0 aliphatic rings. The van der Waals surface area contributed by atoms with Crippen molar-refractivity contribution in [1.82, 2.24) is 35.4 Å². The van der Waals surface area contributed by atoms with E-state index in [1.54, 1.807) is 41.6 Å². The first-order chi connectivity index (χ1) is 16.7. The summed E-state index contributed by atoms with van der Waals surface area (Å²) in [6.45, 7) is 7.58. The maximum Gasteiger partial charge on any atom is 0.247 e. The van der Waals surface area contributed by atoms with E-state index in [-0.39, 0.29) is 30.7 Å². The fraction of sp³-hybridized carbons (Fsp3) is 0.333. The Balaban J connectivity index is 1.65. The molecule has 1 atom stereocenters. The molecule has 0 saturated carbocycles. The summed E-state index contributed by atoms with van der Waals surface area (Å²) < 4.78 is 5.55. The molecule has 0 aliphatic carbocycles. The summed E-state index contributed by atoms with van der Waals surface area (Å²) in [4.78, 5) is 34.9. The molecule has 1 N–H and O–H groups in total. The number of nitrogens with one attached hydrogen (secondary N) is 1. The standard InChI is InChI=1S/C24H27N7O3S/c1-16-7-8-19(34-16)22-27-29-31(28-22)15-20(32)30(14-18-6-5-13-35-18)21(17-9-11-25-12-10-17)23(33)26-24(2,3)4/h5-13,21H,14-15H2,1-4H3,(H,26,33). The lowest BCUT2D eigenvalue weighted by atomic mass is 10.0. The Morgan fingerprint density at radius 3 is 2.57 bits per heavy atom. The van der Waals surface area contributed by atoms with Gasteiger partial charge in [-0.25, -0.2) is 0 Å². The zero-order chi connectivity index (χ0) is 25.0. The number of tetrazole rings is 1. The maximum atomic E-state index is 13.7. The highest BCUT2D eigenvalue weighted by Gasteiger charge is 2.34. The van der Waals surface area contributed by atoms with Crippen LogP contribution >= 0.6 is 11.3 Å². The summed E-state index contributed by atoms with van der Waals surface area (Å²) in [7, 11) is 0. The number of aryl methyl sites for hydroxylation is 1. The van der Waals surface area contributed by atoms with Crippen molar-refractivity contribution in [2.24, 2.45) is 0 Å². The molecule has 1 unspecified atom stereocenters. The van der Waals surface area contributed by atoms with Crippen molar-refractivity contribution in [1.29, 1.82) is 0 Å². The van der Waals surface area contributed by atoms with Gasteiger partial charge in [-0.05, 0) is 74.2 Å². The minimum Gasteiger partial charge on any atom is -0.458 e. The Labute approximate surface area is 207 Å². The number of hydrogen-bond donors (Lipinski definition) is 1. The molecule has 4 aromatic rings. The van der Waals surface area contributed by atoms with Crippen LogP contribution in [0.5, 0.6) is 0 Å². The number of furan rings is 1. The third-order valence-electron chi connectivity index (χ3n) is 5.00. The van der Waals surface area contributed by atoms with Crippen molar-refractivity contribution >= 4 is 23.2 Å². The molecule has 0 saturated heterocycles. The van der Waals surface area contributed by atoms with Crippen molar-refractivity contribution in [2.45, 2.75) is 52.4 Å². The van der Waals surface area contributed by atoms with E-state index in [0.717, 1.165) is 10.6 Å². The Hall–Kier alpha value is -3.86. The lowest BCUT2D eigenvalue weighted by Gasteiger charge is -2.33. The Kier molecular flexibility index (Phi) is 7.06. The van der Waals surface area contributed by atoms with E-state index in [1.807, 2.05) is 45.2 Å². The second-order valence-corrected chi connectivity index (χ2v) is 10.1. The Bertz CT molecular complexity index is 1280. The third kappa shape index (κ3) is 6.18. The van der Waals surface area contributed by atoms with Gasteiger partial charge >= 0.3 is 0 Å². The van der Waals surface area contributed by atoms with E-state index in [9.17, 15) is 9.59 Å². The predicted octanol–water partition coefficient (Wildman–Crippen LogP) is 3.38. The molecule has 4 aromatic heterocycles. The minimum absolute atomic E-state index is 0.192. The molecule has 0 fully saturated rings. The average molecular weight is 494 g/mol. The van der Waals surface area contributed by atoms with E-state index < -0.39 is 11.6 Å². The number of pyridine rings is 1. The second-order valence-electron chi connectivity index (χ2n) is 9.08. The van der Waals surface area contributed by atoms with Gasteiger partial charge in [-0.2, -0.15) is 4.80 Å². The van der Waals surface area contributed by atoms with E-state index in [1.165, 1.54) is 16.1 Å². The van der Waals surface area contributed by atoms with Gasteiger partial charge in [0.2, 0.25) is 17.6 Å². The minimum atomic E-state index is -0.873. The maximum absolute atomic E-state index is 13.7. The summed E-state index contributed by atoms with van der Waals surface area (Å²) in [6, 6.07) is 10.0. The highest BCUT2D eigenvalue weighted by Crippen LogP contribution is 2.26. The van der Waals surface area contributed by atoms with E-state index >= 15 is 0 Å². The monoisotopic (exact) mass is 493 g/mol. The smallest absolute Gasteiger partial charge is 0.247 e. The average Bonchev–Trinajstić information content (AvgIpc) is 3.55. The van der Waals surface area contributed by atoms with E-state index in [2.05, 4.69) is 25.7 Å². The van der Waals surface area contributed by atoms with Crippen LogP contribution in [0.2, 0.25) is 0 Å². The van der Waals surface area contributed by atoms with Crippen LogP contribution in [0, 0.1) is 6.92 Å². The lowest BCUT2D eigenvalue weighted by molar-refractivity contribution is -0.143. The van der Waals surface area contributed by atoms with Crippen LogP contribution in [-0.4, -0.2) is 47.4 Å². The van der Waals surface area contributed by atoms with Gasteiger partial charge in [-0.1, -0.05) is 6.07 Å². The fourth-order valence-corrected chi connectivity index (χ4v) is 4.23. The second kappa shape index (κ2) is 10.2. The molecule has 4 rings (SSSR count). The number of carbonyl (C=O) groups excluding carboxylic acids is 2. The zero-order valence-electron chi connectivity index (χ0n) is 20.0. The third-order valence-corrected chi connectivity index (χ3v) is 5.86. The SMILES string of the molecule is Cc1ccc(-c2nnn(CC(=O)N(Cc3cccs3)C(C(=O)NC(C)(C)C)c3ccncc3)n2)o1. The van der Waals surface area contributed by atoms with E-state index in [0.29, 0.717) is 11.3 Å². The number of aromatic nitrogens is 5. The van der Waals surface area contributed by atoms with Crippen molar-refractivity contribution in [3.63, 3.8) is 0 Å². The molecular weight excluding hydrogens is 466 g/mol.